The Morgan fingerprint density at radius 1 is 0.364 bits per heavy atom. The van der Waals surface area contributed by atoms with Crippen molar-refractivity contribution in [3.63, 3.8) is 0 Å². The first-order valence-electron chi connectivity index (χ1n) is 22.6. The van der Waals surface area contributed by atoms with E-state index in [-0.39, 0.29) is 26.4 Å². The molecule has 6 aromatic rings. The predicted molar refractivity (Wildman–Crippen MR) is 259 cm³/mol. The van der Waals surface area contributed by atoms with Gasteiger partial charge in [0.1, 0.15) is 42.7 Å². The fourth-order valence-electron chi connectivity index (χ4n) is 8.27. The van der Waals surface area contributed by atoms with Crippen molar-refractivity contribution in [1.29, 1.82) is 0 Å². The molecule has 0 saturated carbocycles. The van der Waals surface area contributed by atoms with Crippen LogP contribution in [0.3, 0.4) is 0 Å². The van der Waals surface area contributed by atoms with Crippen molar-refractivity contribution in [1.82, 2.24) is 0 Å². The highest BCUT2D eigenvalue weighted by atomic mass is 127. The van der Waals surface area contributed by atoms with E-state index in [9.17, 15) is 0 Å². The van der Waals surface area contributed by atoms with Crippen LogP contribution in [0.25, 0.3) is 0 Å². The smallest absolute Gasteiger partial charge is 0.187 e. The van der Waals surface area contributed by atoms with Crippen LogP contribution in [0.2, 0.25) is 0 Å². The Kier molecular flexibility index (Phi) is 18.7. The Hall–Kier alpha value is -4.35. The third-order valence-electron chi connectivity index (χ3n) is 11.7. The number of rotatable bonds is 23. The number of methoxy groups -OCH3 is 1. The van der Waals surface area contributed by atoms with Crippen molar-refractivity contribution in [3.05, 3.63) is 215 Å². The molecule has 10 nitrogen and oxygen atoms in total. The number of hydrogen-bond acceptors (Lipinski definition) is 10. The first kappa shape index (κ1) is 48.1. The summed E-state index contributed by atoms with van der Waals surface area (Å²) < 4.78 is 69.0. The molecule has 11 heteroatoms. The van der Waals surface area contributed by atoms with Crippen LogP contribution in [0.15, 0.2) is 182 Å². The van der Waals surface area contributed by atoms with Crippen LogP contribution in [0.4, 0.5) is 0 Å². The molecule has 0 amide bonds. The van der Waals surface area contributed by atoms with Crippen molar-refractivity contribution < 1.29 is 47.4 Å². The quantitative estimate of drug-likeness (QED) is 0.0457. The zero-order valence-corrected chi connectivity index (χ0v) is 39.4. The molecule has 10 atom stereocenters. The lowest BCUT2D eigenvalue weighted by atomic mass is 9.96. The summed E-state index contributed by atoms with van der Waals surface area (Å²) in [6.07, 6.45) is -7.14. The van der Waals surface area contributed by atoms with Gasteiger partial charge < -0.3 is 47.4 Å². The molecule has 2 heterocycles. The highest BCUT2D eigenvalue weighted by molar-refractivity contribution is 14.1. The second-order valence-corrected chi connectivity index (χ2v) is 17.3. The van der Waals surface area contributed by atoms with E-state index in [0.29, 0.717) is 24.2 Å². The van der Waals surface area contributed by atoms with Gasteiger partial charge in [0.25, 0.3) is 0 Å². The molecule has 2 saturated heterocycles. The molecule has 0 bridgehead atoms. The van der Waals surface area contributed by atoms with E-state index >= 15 is 0 Å². The summed E-state index contributed by atoms with van der Waals surface area (Å²) in [4.78, 5) is 0. The van der Waals surface area contributed by atoms with E-state index in [1.165, 1.54) is 0 Å². The molecule has 66 heavy (non-hydrogen) atoms. The van der Waals surface area contributed by atoms with Gasteiger partial charge in [-0.2, -0.15) is 0 Å². The maximum Gasteiger partial charge on any atom is 0.187 e. The molecule has 0 N–H and O–H groups in total. The average Bonchev–Trinajstić information content (AvgIpc) is 3.38. The first-order valence-corrected chi connectivity index (χ1v) is 24.1. The van der Waals surface area contributed by atoms with Crippen molar-refractivity contribution >= 4 is 22.6 Å². The van der Waals surface area contributed by atoms with Crippen LogP contribution in [0, 0.1) is 0 Å². The third kappa shape index (κ3) is 13.6. The van der Waals surface area contributed by atoms with Crippen molar-refractivity contribution in [2.45, 2.75) is 101 Å². The molecule has 2 aliphatic rings. The minimum Gasteiger partial charge on any atom is -0.374 e. The molecule has 2 aliphatic heterocycles. The third-order valence-corrected chi connectivity index (χ3v) is 12.5. The van der Waals surface area contributed by atoms with Gasteiger partial charge in [0.05, 0.1) is 52.4 Å². The van der Waals surface area contributed by atoms with Crippen LogP contribution in [-0.2, 0) is 87.0 Å². The lowest BCUT2D eigenvalue weighted by Gasteiger charge is -2.50. The Morgan fingerprint density at radius 2 is 0.682 bits per heavy atom. The molecule has 2 fully saturated rings. The summed E-state index contributed by atoms with van der Waals surface area (Å²) in [6, 6.07) is 60.5. The van der Waals surface area contributed by atoms with E-state index < -0.39 is 61.4 Å². The molecule has 0 aliphatic carbocycles. The van der Waals surface area contributed by atoms with Gasteiger partial charge in [0.2, 0.25) is 0 Å². The second kappa shape index (κ2) is 25.7. The van der Waals surface area contributed by atoms with Gasteiger partial charge in [-0.15, -0.1) is 0 Å². The van der Waals surface area contributed by atoms with E-state index in [1.807, 2.05) is 158 Å². The molecule has 0 radical (unpaired) electrons. The van der Waals surface area contributed by atoms with Gasteiger partial charge in [-0.3, -0.25) is 0 Å². The van der Waals surface area contributed by atoms with E-state index in [1.54, 1.807) is 7.11 Å². The molecule has 6 aromatic carbocycles. The van der Waals surface area contributed by atoms with E-state index in [4.69, 9.17) is 47.4 Å². The number of halogens is 1. The van der Waals surface area contributed by atoms with Gasteiger partial charge in [-0.1, -0.05) is 205 Å². The number of hydrogen-bond donors (Lipinski definition) is 0. The SMILES string of the molecule is CO[C@H]1O[C@H](COCc2ccccc2)[C@@H](O[C@H]2O[C@H](CI)[C@@H](OCc3ccccc3)[C@H](OCc3ccccc3)[C@H]2OCc2ccccc2)[C@H](OCc2ccccc2)[C@H]1OCc1ccccc1. The fraction of sp³-hybridized carbons (Fsp3) is 0.345. The Bertz CT molecular complexity index is 2230. The van der Waals surface area contributed by atoms with E-state index in [2.05, 4.69) is 46.9 Å². The predicted octanol–water partition coefficient (Wildman–Crippen LogP) is 10.0. The Morgan fingerprint density at radius 3 is 1.06 bits per heavy atom. The van der Waals surface area contributed by atoms with Gasteiger partial charge in [-0.25, -0.2) is 0 Å². The minimum absolute atomic E-state index is 0.157. The van der Waals surface area contributed by atoms with Crippen LogP contribution in [0.1, 0.15) is 33.4 Å². The summed E-state index contributed by atoms with van der Waals surface area (Å²) in [5, 5.41) is 0. The first-order chi connectivity index (χ1) is 32.6. The summed E-state index contributed by atoms with van der Waals surface area (Å²) >= 11 is 2.36. The van der Waals surface area contributed by atoms with Crippen LogP contribution in [-0.4, -0.2) is 79.6 Å². The molecule has 0 unspecified atom stereocenters. The summed E-state index contributed by atoms with van der Waals surface area (Å²) in [7, 11) is 1.62. The van der Waals surface area contributed by atoms with Crippen LogP contribution in [0.5, 0.6) is 0 Å². The highest BCUT2D eigenvalue weighted by Crippen LogP contribution is 2.37. The lowest BCUT2D eigenvalue weighted by molar-refractivity contribution is -0.372. The second-order valence-electron chi connectivity index (χ2n) is 16.4. The summed E-state index contributed by atoms with van der Waals surface area (Å²) in [5.41, 5.74) is 6.07. The number of alkyl halides is 1. The summed E-state index contributed by atoms with van der Waals surface area (Å²) in [5.74, 6) is 0. The van der Waals surface area contributed by atoms with Crippen molar-refractivity contribution in [2.75, 3.05) is 18.1 Å². The molecule has 8 rings (SSSR count). The molecular weight excluding hydrogens is 947 g/mol. The normalized spacial score (nSPS) is 25.4. The molecule has 0 spiro atoms. The van der Waals surface area contributed by atoms with Crippen molar-refractivity contribution in [2.24, 2.45) is 0 Å². The monoisotopic (exact) mass is 1010 g/mol. The van der Waals surface area contributed by atoms with E-state index in [0.717, 1.165) is 33.4 Å². The van der Waals surface area contributed by atoms with Gasteiger partial charge >= 0.3 is 0 Å². The molecule has 346 valence electrons. The van der Waals surface area contributed by atoms with Crippen LogP contribution >= 0.6 is 22.6 Å². The molecule has 0 aromatic heterocycles. The zero-order valence-electron chi connectivity index (χ0n) is 37.2. The summed E-state index contributed by atoms with van der Waals surface area (Å²) in [6.45, 7) is 2.03. The minimum atomic E-state index is -0.979. The standard InChI is InChI=1S/C55H59IO10/c1-57-54-52(62-37-44-28-16-6-17-29-44)51(61-36-43-26-14-5-15-27-43)49(47(65-54)39-58-33-40-20-8-2-9-21-40)66-55-53(63-38-45-30-18-7-19-31-45)50(60-35-42-24-12-4-13-25-42)48(46(32-56)64-55)59-34-41-22-10-3-11-23-41/h2-31,46-55H,32-39H2,1H3/t46-,47-,48-,49-,50+,51+,52-,53-,54+,55-/m1/s1. The van der Waals surface area contributed by atoms with Gasteiger partial charge in [0, 0.05) is 11.5 Å². The number of ether oxygens (including phenoxy) is 10. The topological polar surface area (TPSA) is 92.3 Å². The van der Waals surface area contributed by atoms with Crippen molar-refractivity contribution in [3.8, 4) is 0 Å². The molecular formula is C55H59IO10. The largest absolute Gasteiger partial charge is 0.374 e. The highest BCUT2D eigenvalue weighted by Gasteiger charge is 2.54. The average molecular weight is 1010 g/mol. The van der Waals surface area contributed by atoms with Gasteiger partial charge in [0.15, 0.2) is 12.6 Å². The lowest BCUT2D eigenvalue weighted by Crippen LogP contribution is -2.66. The fourth-order valence-corrected chi connectivity index (χ4v) is 8.98. The van der Waals surface area contributed by atoms with Crippen LogP contribution < -0.4 is 0 Å². The number of benzene rings is 6. The Balaban J connectivity index is 1.16. The Labute approximate surface area is 402 Å². The maximum atomic E-state index is 7.40. The maximum absolute atomic E-state index is 7.40. The zero-order chi connectivity index (χ0) is 45.2. The van der Waals surface area contributed by atoms with Gasteiger partial charge in [-0.05, 0) is 33.4 Å².